The van der Waals surface area contributed by atoms with E-state index in [9.17, 15) is 5.11 Å². The summed E-state index contributed by atoms with van der Waals surface area (Å²) in [7, 11) is 2.04. The van der Waals surface area contributed by atoms with Gasteiger partial charge in [-0.1, -0.05) is 0 Å². The van der Waals surface area contributed by atoms with Gasteiger partial charge in [0.1, 0.15) is 0 Å². The molecule has 2 fully saturated rings. The number of hydrogen-bond donors (Lipinski definition) is 2. The molecular formula is C16H32N2O2. The lowest BCUT2D eigenvalue weighted by molar-refractivity contribution is -0.0799. The van der Waals surface area contributed by atoms with Crippen molar-refractivity contribution in [1.82, 2.24) is 10.2 Å². The van der Waals surface area contributed by atoms with E-state index in [1.165, 1.54) is 0 Å². The summed E-state index contributed by atoms with van der Waals surface area (Å²) in [5, 5.41) is 12.7. The molecule has 0 aliphatic carbocycles. The van der Waals surface area contributed by atoms with Crippen molar-refractivity contribution in [3.05, 3.63) is 0 Å². The van der Waals surface area contributed by atoms with Gasteiger partial charge in [-0.3, -0.25) is 0 Å². The predicted octanol–water partition coefficient (Wildman–Crippen LogP) is 1.48. The highest BCUT2D eigenvalue weighted by Crippen LogP contribution is 2.42. The van der Waals surface area contributed by atoms with E-state index in [0.717, 1.165) is 32.5 Å². The number of piperidine rings is 1. The number of aliphatic hydroxyl groups excluding tert-OH is 1. The summed E-state index contributed by atoms with van der Waals surface area (Å²) < 4.78 is 6.31. The molecule has 0 aromatic carbocycles. The molecule has 2 rings (SSSR count). The third-order valence-corrected chi connectivity index (χ3v) is 5.30. The second-order valence-electron chi connectivity index (χ2n) is 7.61. The lowest BCUT2D eigenvalue weighted by atomic mass is 9.81. The van der Waals surface area contributed by atoms with Crippen molar-refractivity contribution in [3.8, 4) is 0 Å². The molecule has 4 heteroatoms. The number of nitrogens with one attached hydrogen (secondary N) is 1. The molecule has 0 amide bonds. The van der Waals surface area contributed by atoms with Gasteiger partial charge in [0.25, 0.3) is 0 Å². The van der Waals surface area contributed by atoms with Crippen LogP contribution in [0.2, 0.25) is 0 Å². The molecule has 2 aliphatic heterocycles. The van der Waals surface area contributed by atoms with Gasteiger partial charge in [0.05, 0.1) is 11.2 Å². The normalized spacial score (nSPS) is 34.5. The van der Waals surface area contributed by atoms with Crippen molar-refractivity contribution in [1.29, 1.82) is 0 Å². The van der Waals surface area contributed by atoms with Gasteiger partial charge >= 0.3 is 0 Å². The summed E-state index contributed by atoms with van der Waals surface area (Å²) in [4.78, 5) is 2.55. The van der Waals surface area contributed by atoms with Gasteiger partial charge in [0.2, 0.25) is 0 Å². The Kier molecular flexibility index (Phi) is 4.80. The number of nitrogens with zero attached hydrogens (tertiary/aromatic N) is 1. The minimum absolute atomic E-state index is 0.0923. The van der Waals surface area contributed by atoms with Gasteiger partial charge < -0.3 is 20.1 Å². The molecule has 4 nitrogen and oxygen atoms in total. The standard InChI is InChI=1S/C16H32N2O2/c1-15(2)13(14(17-5)16(3,4)20-15)10-18-8-6-12(11-19)7-9-18/h12-14,17,19H,6-11H2,1-5H3. The quantitative estimate of drug-likeness (QED) is 0.821. The van der Waals surface area contributed by atoms with Crippen molar-refractivity contribution in [2.24, 2.45) is 11.8 Å². The molecular weight excluding hydrogens is 252 g/mol. The summed E-state index contributed by atoms with van der Waals surface area (Å²) in [5.74, 6) is 1.00. The maximum absolute atomic E-state index is 9.24. The Morgan fingerprint density at radius 2 is 1.75 bits per heavy atom. The molecule has 20 heavy (non-hydrogen) atoms. The fourth-order valence-corrected chi connectivity index (χ4v) is 4.21. The van der Waals surface area contributed by atoms with Gasteiger partial charge in [0.15, 0.2) is 0 Å². The van der Waals surface area contributed by atoms with E-state index in [4.69, 9.17) is 4.74 Å². The van der Waals surface area contributed by atoms with Crippen molar-refractivity contribution in [2.45, 2.75) is 57.8 Å². The first-order valence-corrected chi connectivity index (χ1v) is 8.01. The van der Waals surface area contributed by atoms with Crippen LogP contribution in [0.1, 0.15) is 40.5 Å². The van der Waals surface area contributed by atoms with Crippen LogP contribution in [0.15, 0.2) is 0 Å². The molecule has 2 N–H and O–H groups in total. The number of likely N-dealkylation sites (N-methyl/N-ethyl adjacent to an activating group) is 1. The van der Waals surface area contributed by atoms with Crippen LogP contribution in [0.25, 0.3) is 0 Å². The van der Waals surface area contributed by atoms with Gasteiger partial charge in [-0.05, 0) is 66.6 Å². The third-order valence-electron chi connectivity index (χ3n) is 5.30. The summed E-state index contributed by atoms with van der Waals surface area (Å²) in [6, 6.07) is 0.382. The first-order chi connectivity index (χ1) is 9.30. The molecule has 0 radical (unpaired) electrons. The van der Waals surface area contributed by atoms with Crippen LogP contribution in [-0.4, -0.2) is 60.5 Å². The van der Waals surface area contributed by atoms with E-state index in [0.29, 0.717) is 24.5 Å². The fraction of sp³-hybridized carbons (Fsp3) is 1.00. The molecule has 2 heterocycles. The third kappa shape index (κ3) is 3.19. The largest absolute Gasteiger partial charge is 0.396 e. The summed E-state index contributed by atoms with van der Waals surface area (Å²) >= 11 is 0. The van der Waals surface area contributed by atoms with Gasteiger partial charge in [-0.25, -0.2) is 0 Å². The minimum Gasteiger partial charge on any atom is -0.396 e. The highest BCUT2D eigenvalue weighted by molar-refractivity contribution is 5.05. The Morgan fingerprint density at radius 1 is 1.15 bits per heavy atom. The van der Waals surface area contributed by atoms with Crippen LogP contribution in [0, 0.1) is 11.8 Å². The Bertz CT molecular complexity index is 322. The second kappa shape index (κ2) is 5.91. The minimum atomic E-state index is -0.119. The number of hydrogen-bond acceptors (Lipinski definition) is 4. The zero-order valence-corrected chi connectivity index (χ0v) is 13.8. The average Bonchev–Trinajstić information content (AvgIpc) is 2.54. The van der Waals surface area contributed by atoms with Crippen molar-refractivity contribution in [3.63, 3.8) is 0 Å². The van der Waals surface area contributed by atoms with E-state index in [2.05, 4.69) is 37.9 Å². The molecule has 118 valence electrons. The van der Waals surface area contributed by atoms with Crippen LogP contribution in [-0.2, 0) is 4.74 Å². The van der Waals surface area contributed by atoms with Crippen LogP contribution in [0.4, 0.5) is 0 Å². The van der Waals surface area contributed by atoms with Gasteiger partial charge in [0, 0.05) is 25.1 Å². The predicted molar refractivity (Wildman–Crippen MR) is 81.8 cm³/mol. The summed E-state index contributed by atoms with van der Waals surface area (Å²) in [6.07, 6.45) is 2.25. The number of rotatable bonds is 4. The molecule has 0 aromatic heterocycles. The number of likely N-dealkylation sites (tertiary alicyclic amines) is 1. The zero-order chi connectivity index (χ0) is 15.0. The Morgan fingerprint density at radius 3 is 2.25 bits per heavy atom. The van der Waals surface area contributed by atoms with E-state index in [1.807, 2.05) is 7.05 Å². The van der Waals surface area contributed by atoms with Crippen LogP contribution >= 0.6 is 0 Å². The molecule has 0 bridgehead atoms. The van der Waals surface area contributed by atoms with E-state index >= 15 is 0 Å². The number of ether oxygens (including phenoxy) is 1. The van der Waals surface area contributed by atoms with Crippen LogP contribution in [0.3, 0.4) is 0 Å². The van der Waals surface area contributed by atoms with Crippen molar-refractivity contribution < 1.29 is 9.84 Å². The summed E-state index contributed by atoms with van der Waals surface area (Å²) in [5.41, 5.74) is -0.211. The lowest BCUT2D eigenvalue weighted by Crippen LogP contribution is -2.50. The first-order valence-electron chi connectivity index (χ1n) is 8.01. The van der Waals surface area contributed by atoms with E-state index in [1.54, 1.807) is 0 Å². The Balaban J connectivity index is 2.00. The molecule has 2 unspecified atom stereocenters. The maximum atomic E-state index is 9.24. The molecule has 2 aliphatic rings. The van der Waals surface area contributed by atoms with E-state index < -0.39 is 0 Å². The van der Waals surface area contributed by atoms with Gasteiger partial charge in [-0.15, -0.1) is 0 Å². The fourth-order valence-electron chi connectivity index (χ4n) is 4.21. The van der Waals surface area contributed by atoms with Crippen LogP contribution in [0.5, 0.6) is 0 Å². The first kappa shape index (κ1) is 16.2. The van der Waals surface area contributed by atoms with E-state index in [-0.39, 0.29) is 11.2 Å². The molecule has 0 spiro atoms. The topological polar surface area (TPSA) is 44.7 Å². The Labute approximate surface area is 123 Å². The Hall–Kier alpha value is -0.160. The smallest absolute Gasteiger partial charge is 0.0790 e. The average molecular weight is 284 g/mol. The SMILES string of the molecule is CNC1C(CN2CCC(CO)CC2)C(C)(C)OC1(C)C. The van der Waals surface area contributed by atoms with Crippen LogP contribution < -0.4 is 5.32 Å². The molecule has 0 saturated carbocycles. The second-order valence-corrected chi connectivity index (χ2v) is 7.61. The monoisotopic (exact) mass is 284 g/mol. The molecule has 2 atom stereocenters. The lowest BCUT2D eigenvalue weighted by Gasteiger charge is -2.37. The van der Waals surface area contributed by atoms with Crippen molar-refractivity contribution in [2.75, 3.05) is 33.3 Å². The number of aliphatic hydroxyl groups is 1. The zero-order valence-electron chi connectivity index (χ0n) is 13.8. The highest BCUT2D eigenvalue weighted by atomic mass is 16.5. The maximum Gasteiger partial charge on any atom is 0.0790 e. The van der Waals surface area contributed by atoms with Crippen molar-refractivity contribution >= 4 is 0 Å². The highest BCUT2D eigenvalue weighted by Gasteiger charge is 2.53. The molecule has 0 aromatic rings. The van der Waals surface area contributed by atoms with Gasteiger partial charge in [-0.2, -0.15) is 0 Å². The summed E-state index contributed by atoms with van der Waals surface area (Å²) in [6.45, 7) is 12.5. The molecule has 2 saturated heterocycles.